The zero-order chi connectivity index (χ0) is 17.9. The number of ether oxygens (including phenoxy) is 4. The summed E-state index contributed by atoms with van der Waals surface area (Å²) >= 11 is 0. The van der Waals surface area contributed by atoms with Gasteiger partial charge in [0.15, 0.2) is 6.79 Å². The normalized spacial score (nSPS) is 13.0. The Balaban J connectivity index is 1.57. The zero-order valence-corrected chi connectivity index (χ0v) is 14.6. The molecule has 0 aromatic heterocycles. The van der Waals surface area contributed by atoms with E-state index in [1.54, 1.807) is 31.2 Å². The largest absolute Gasteiger partial charge is 0.468 e. The Bertz CT molecular complexity index is 614. The number of esters is 1. The molecule has 5 nitrogen and oxygen atoms in total. The molecule has 0 aliphatic heterocycles. The van der Waals surface area contributed by atoms with E-state index in [-0.39, 0.29) is 25.0 Å². The molecule has 2 aromatic carbocycles. The van der Waals surface area contributed by atoms with Gasteiger partial charge < -0.3 is 18.9 Å². The lowest BCUT2D eigenvalue weighted by Crippen LogP contribution is -2.25. The maximum Gasteiger partial charge on any atom is 0.338 e. The third-order valence-corrected chi connectivity index (χ3v) is 3.34. The van der Waals surface area contributed by atoms with Crippen LogP contribution in [0.2, 0.25) is 0 Å². The topological polar surface area (TPSA) is 54.0 Å². The Morgan fingerprint density at radius 1 is 0.880 bits per heavy atom. The molecule has 0 fully saturated rings. The Hall–Kier alpha value is -2.37. The van der Waals surface area contributed by atoms with Crippen molar-refractivity contribution in [3.05, 3.63) is 66.2 Å². The first kappa shape index (κ1) is 19.0. The Kier molecular flexibility index (Phi) is 7.95. The smallest absolute Gasteiger partial charge is 0.338 e. The molecule has 5 heteroatoms. The molecule has 2 unspecified atom stereocenters. The Morgan fingerprint density at radius 3 is 2.20 bits per heavy atom. The van der Waals surface area contributed by atoms with Crippen LogP contribution in [0.1, 0.15) is 24.2 Å². The highest BCUT2D eigenvalue weighted by Crippen LogP contribution is 2.08. The van der Waals surface area contributed by atoms with Gasteiger partial charge in [0.25, 0.3) is 0 Å². The number of carbonyl (C=O) groups excluding carboxylic acids is 1. The van der Waals surface area contributed by atoms with Crippen molar-refractivity contribution in [3.63, 3.8) is 0 Å². The number of rotatable bonds is 10. The van der Waals surface area contributed by atoms with Crippen molar-refractivity contribution in [1.82, 2.24) is 0 Å². The van der Waals surface area contributed by atoms with E-state index in [9.17, 15) is 4.79 Å². The van der Waals surface area contributed by atoms with E-state index in [4.69, 9.17) is 18.9 Å². The molecule has 25 heavy (non-hydrogen) atoms. The van der Waals surface area contributed by atoms with Gasteiger partial charge in [0.2, 0.25) is 0 Å². The number of hydrogen-bond acceptors (Lipinski definition) is 5. The van der Waals surface area contributed by atoms with E-state index in [0.717, 1.165) is 5.75 Å². The standard InChI is InChI=1S/C20H24O5/c1-16(13-22-15-24-19-11-7-4-8-12-19)23-14-17(2)25-20(21)18-9-5-3-6-10-18/h3-12,16-17H,13-15H2,1-2H3. The average Bonchev–Trinajstić information content (AvgIpc) is 2.65. The summed E-state index contributed by atoms with van der Waals surface area (Å²) in [7, 11) is 0. The summed E-state index contributed by atoms with van der Waals surface area (Å²) in [6.07, 6.45) is -0.465. The van der Waals surface area contributed by atoms with Crippen LogP contribution in [0.25, 0.3) is 0 Å². The Labute approximate surface area is 148 Å². The van der Waals surface area contributed by atoms with E-state index in [0.29, 0.717) is 18.8 Å². The van der Waals surface area contributed by atoms with Crippen molar-refractivity contribution in [2.45, 2.75) is 26.1 Å². The quantitative estimate of drug-likeness (QED) is 0.374. The highest BCUT2D eigenvalue weighted by molar-refractivity contribution is 5.89. The molecular weight excluding hydrogens is 320 g/mol. The fourth-order valence-electron chi connectivity index (χ4n) is 2.05. The monoisotopic (exact) mass is 344 g/mol. The van der Waals surface area contributed by atoms with Gasteiger partial charge in [-0.1, -0.05) is 36.4 Å². The van der Waals surface area contributed by atoms with Crippen LogP contribution in [0.5, 0.6) is 5.75 Å². The molecule has 0 aliphatic rings. The van der Waals surface area contributed by atoms with Crippen LogP contribution in [-0.2, 0) is 14.2 Å². The van der Waals surface area contributed by atoms with Gasteiger partial charge in [-0.25, -0.2) is 4.79 Å². The maximum atomic E-state index is 11.9. The molecule has 2 aromatic rings. The predicted octanol–water partition coefficient (Wildman–Crippen LogP) is 3.69. The maximum absolute atomic E-state index is 11.9. The van der Waals surface area contributed by atoms with E-state index in [2.05, 4.69) is 0 Å². The first-order valence-corrected chi connectivity index (χ1v) is 8.28. The fraction of sp³-hybridized carbons (Fsp3) is 0.350. The summed E-state index contributed by atoms with van der Waals surface area (Å²) in [5.41, 5.74) is 0.531. The lowest BCUT2D eigenvalue weighted by Gasteiger charge is -2.18. The van der Waals surface area contributed by atoms with Gasteiger partial charge in [0.05, 0.1) is 24.9 Å². The molecule has 0 heterocycles. The minimum Gasteiger partial charge on any atom is -0.468 e. The van der Waals surface area contributed by atoms with Gasteiger partial charge in [-0.3, -0.25) is 0 Å². The Morgan fingerprint density at radius 2 is 1.52 bits per heavy atom. The van der Waals surface area contributed by atoms with Crippen LogP contribution >= 0.6 is 0 Å². The first-order chi connectivity index (χ1) is 12.1. The number of hydrogen-bond donors (Lipinski definition) is 0. The molecule has 134 valence electrons. The SMILES string of the molecule is CC(COCOc1ccccc1)OCC(C)OC(=O)c1ccccc1. The third kappa shape index (κ3) is 7.37. The van der Waals surface area contributed by atoms with Crippen molar-refractivity contribution < 1.29 is 23.7 Å². The van der Waals surface area contributed by atoms with Gasteiger partial charge in [-0.05, 0) is 38.1 Å². The molecule has 2 atom stereocenters. The van der Waals surface area contributed by atoms with Crippen LogP contribution in [0.3, 0.4) is 0 Å². The lowest BCUT2D eigenvalue weighted by molar-refractivity contribution is -0.0684. The van der Waals surface area contributed by atoms with Crippen LogP contribution < -0.4 is 4.74 Å². The van der Waals surface area contributed by atoms with Gasteiger partial charge in [0, 0.05) is 0 Å². The van der Waals surface area contributed by atoms with Crippen molar-refractivity contribution in [2.75, 3.05) is 20.0 Å². The number of carbonyl (C=O) groups is 1. The van der Waals surface area contributed by atoms with Crippen LogP contribution in [0, 0.1) is 0 Å². The van der Waals surface area contributed by atoms with Gasteiger partial charge in [0.1, 0.15) is 11.9 Å². The first-order valence-electron chi connectivity index (χ1n) is 8.28. The van der Waals surface area contributed by atoms with Crippen LogP contribution in [0.4, 0.5) is 0 Å². The summed E-state index contributed by atoms with van der Waals surface area (Å²) in [6.45, 7) is 4.56. The molecule has 0 bridgehead atoms. The highest BCUT2D eigenvalue weighted by atomic mass is 16.7. The molecule has 0 saturated carbocycles. The van der Waals surface area contributed by atoms with Gasteiger partial charge in [-0.15, -0.1) is 0 Å². The minimum atomic E-state index is -0.350. The predicted molar refractivity (Wildman–Crippen MR) is 94.6 cm³/mol. The van der Waals surface area contributed by atoms with E-state index in [1.165, 1.54) is 0 Å². The molecule has 0 amide bonds. The van der Waals surface area contributed by atoms with Crippen molar-refractivity contribution in [1.29, 1.82) is 0 Å². The second-order valence-corrected chi connectivity index (χ2v) is 5.67. The van der Waals surface area contributed by atoms with Crippen LogP contribution in [-0.4, -0.2) is 38.2 Å². The van der Waals surface area contributed by atoms with E-state index >= 15 is 0 Å². The average molecular weight is 344 g/mol. The molecule has 0 N–H and O–H groups in total. The van der Waals surface area contributed by atoms with Crippen molar-refractivity contribution in [3.8, 4) is 5.75 Å². The summed E-state index contributed by atoms with van der Waals surface area (Å²) in [4.78, 5) is 11.9. The summed E-state index contributed by atoms with van der Waals surface area (Å²) in [5, 5.41) is 0. The van der Waals surface area contributed by atoms with Gasteiger partial charge >= 0.3 is 5.97 Å². The van der Waals surface area contributed by atoms with Gasteiger partial charge in [-0.2, -0.15) is 0 Å². The summed E-state index contributed by atoms with van der Waals surface area (Å²) in [6, 6.07) is 18.4. The zero-order valence-electron chi connectivity index (χ0n) is 14.6. The number of para-hydroxylation sites is 1. The molecule has 0 spiro atoms. The number of benzene rings is 2. The highest BCUT2D eigenvalue weighted by Gasteiger charge is 2.13. The second-order valence-electron chi connectivity index (χ2n) is 5.67. The summed E-state index contributed by atoms with van der Waals surface area (Å²) < 4.78 is 21.8. The third-order valence-electron chi connectivity index (χ3n) is 3.34. The molecule has 2 rings (SSSR count). The van der Waals surface area contributed by atoms with E-state index < -0.39 is 0 Å². The van der Waals surface area contributed by atoms with Crippen molar-refractivity contribution >= 4 is 5.97 Å². The molecule has 0 radical (unpaired) electrons. The molecule has 0 saturated heterocycles. The van der Waals surface area contributed by atoms with Crippen LogP contribution in [0.15, 0.2) is 60.7 Å². The fourth-order valence-corrected chi connectivity index (χ4v) is 2.05. The second kappa shape index (κ2) is 10.5. The van der Waals surface area contributed by atoms with Crippen molar-refractivity contribution in [2.24, 2.45) is 0 Å². The lowest BCUT2D eigenvalue weighted by atomic mass is 10.2. The minimum absolute atomic E-state index is 0.128. The summed E-state index contributed by atoms with van der Waals surface area (Å²) in [5.74, 6) is 0.411. The molecular formula is C20H24O5. The van der Waals surface area contributed by atoms with E-state index in [1.807, 2.05) is 43.3 Å². The molecule has 0 aliphatic carbocycles.